The van der Waals surface area contributed by atoms with Crippen molar-refractivity contribution in [1.82, 2.24) is 5.32 Å². The van der Waals surface area contributed by atoms with Crippen LogP contribution in [0.2, 0.25) is 0 Å². The number of methoxy groups -OCH3 is 1. The van der Waals surface area contributed by atoms with E-state index < -0.39 is 11.7 Å². The van der Waals surface area contributed by atoms with Crippen LogP contribution >= 0.6 is 15.9 Å². The molecule has 2 amide bonds. The summed E-state index contributed by atoms with van der Waals surface area (Å²) in [6.07, 6.45) is 1.91. The van der Waals surface area contributed by atoms with E-state index in [1.807, 2.05) is 0 Å². The fraction of sp³-hybridized carbons (Fsp3) is 0.222. The van der Waals surface area contributed by atoms with Crippen LogP contribution in [-0.4, -0.2) is 25.0 Å². The van der Waals surface area contributed by atoms with Gasteiger partial charge in [-0.3, -0.25) is 9.59 Å². The number of rotatable bonds is 5. The van der Waals surface area contributed by atoms with Crippen molar-refractivity contribution < 1.29 is 18.7 Å². The summed E-state index contributed by atoms with van der Waals surface area (Å²) < 4.78 is 19.1. The van der Waals surface area contributed by atoms with Gasteiger partial charge in [-0.05, 0) is 65.2 Å². The van der Waals surface area contributed by atoms with Crippen molar-refractivity contribution in [3.05, 3.63) is 57.8 Å². The largest absolute Gasteiger partial charge is 0.497 e. The maximum absolute atomic E-state index is 13.6. The lowest BCUT2D eigenvalue weighted by molar-refractivity contribution is 0.0951. The molecule has 1 saturated carbocycles. The van der Waals surface area contributed by atoms with Crippen LogP contribution in [0.4, 0.5) is 10.1 Å². The lowest BCUT2D eigenvalue weighted by atomic mass is 10.1. The molecule has 0 aromatic heterocycles. The number of hydrogen-bond donors (Lipinski definition) is 2. The molecule has 25 heavy (non-hydrogen) atoms. The zero-order chi connectivity index (χ0) is 18.0. The third kappa shape index (κ3) is 4.17. The predicted octanol–water partition coefficient (Wildman–Crippen LogP) is 3.74. The van der Waals surface area contributed by atoms with Gasteiger partial charge in [0.15, 0.2) is 0 Å². The second-order valence-electron chi connectivity index (χ2n) is 5.74. The Hall–Kier alpha value is -2.41. The average Bonchev–Trinajstić information content (AvgIpc) is 3.41. The molecule has 5 nitrogen and oxygen atoms in total. The molecule has 0 spiro atoms. The third-order valence-corrected chi connectivity index (χ3v) is 4.46. The molecule has 0 bridgehead atoms. The number of nitrogens with one attached hydrogen (secondary N) is 2. The van der Waals surface area contributed by atoms with Gasteiger partial charge in [0.25, 0.3) is 11.8 Å². The van der Waals surface area contributed by atoms with Crippen molar-refractivity contribution in [3.8, 4) is 5.75 Å². The zero-order valence-electron chi connectivity index (χ0n) is 13.4. The van der Waals surface area contributed by atoms with Crippen LogP contribution in [0.15, 0.2) is 40.9 Å². The Labute approximate surface area is 152 Å². The maximum Gasteiger partial charge on any atom is 0.255 e. The SMILES string of the molecule is COc1ccc(NC(=O)c2ccc(Br)c(F)c2)c(C(=O)NC2CC2)c1. The Kier molecular flexibility index (Phi) is 5.03. The number of halogens is 2. The van der Waals surface area contributed by atoms with Crippen LogP contribution in [0.1, 0.15) is 33.6 Å². The van der Waals surface area contributed by atoms with Crippen molar-refractivity contribution >= 4 is 33.4 Å². The molecule has 0 atom stereocenters. The second kappa shape index (κ2) is 7.23. The van der Waals surface area contributed by atoms with Crippen LogP contribution in [-0.2, 0) is 0 Å². The first kappa shape index (κ1) is 17.4. The van der Waals surface area contributed by atoms with E-state index in [9.17, 15) is 14.0 Å². The normalized spacial score (nSPS) is 13.2. The molecule has 7 heteroatoms. The maximum atomic E-state index is 13.6. The van der Waals surface area contributed by atoms with Gasteiger partial charge >= 0.3 is 0 Å². The molecule has 1 aliphatic rings. The molecule has 0 radical (unpaired) electrons. The minimum atomic E-state index is -0.533. The summed E-state index contributed by atoms with van der Waals surface area (Å²) >= 11 is 3.05. The summed E-state index contributed by atoms with van der Waals surface area (Å²) in [7, 11) is 1.50. The van der Waals surface area contributed by atoms with Gasteiger partial charge < -0.3 is 15.4 Å². The smallest absolute Gasteiger partial charge is 0.255 e. The first-order valence-corrected chi connectivity index (χ1v) is 8.52. The quantitative estimate of drug-likeness (QED) is 0.794. The number of ether oxygens (including phenoxy) is 1. The summed E-state index contributed by atoms with van der Waals surface area (Å²) in [5.41, 5.74) is 0.800. The fourth-order valence-corrected chi connectivity index (χ4v) is 2.52. The minimum absolute atomic E-state index is 0.157. The van der Waals surface area contributed by atoms with Gasteiger partial charge in [-0.2, -0.15) is 0 Å². The van der Waals surface area contributed by atoms with E-state index in [1.54, 1.807) is 18.2 Å². The number of carbonyl (C=O) groups is 2. The predicted molar refractivity (Wildman–Crippen MR) is 95.5 cm³/mol. The van der Waals surface area contributed by atoms with Gasteiger partial charge in [-0.25, -0.2) is 4.39 Å². The van der Waals surface area contributed by atoms with Crippen LogP contribution in [0.25, 0.3) is 0 Å². The molecule has 130 valence electrons. The highest BCUT2D eigenvalue weighted by Crippen LogP contribution is 2.26. The monoisotopic (exact) mass is 406 g/mol. The van der Waals surface area contributed by atoms with Crippen LogP contribution in [0, 0.1) is 5.82 Å². The van der Waals surface area contributed by atoms with Gasteiger partial charge in [-0.15, -0.1) is 0 Å². The van der Waals surface area contributed by atoms with Crippen molar-refractivity contribution in [2.45, 2.75) is 18.9 Å². The molecule has 1 fully saturated rings. The third-order valence-electron chi connectivity index (χ3n) is 3.81. The lowest BCUT2D eigenvalue weighted by Gasteiger charge is -2.13. The van der Waals surface area contributed by atoms with Crippen LogP contribution in [0.3, 0.4) is 0 Å². The Morgan fingerprint density at radius 1 is 1.16 bits per heavy atom. The van der Waals surface area contributed by atoms with Gasteiger partial charge in [-0.1, -0.05) is 0 Å². The number of hydrogen-bond acceptors (Lipinski definition) is 3. The second-order valence-corrected chi connectivity index (χ2v) is 6.60. The van der Waals surface area contributed by atoms with E-state index >= 15 is 0 Å². The highest BCUT2D eigenvalue weighted by atomic mass is 79.9. The summed E-state index contributed by atoms with van der Waals surface area (Å²) in [6.45, 7) is 0. The summed E-state index contributed by atoms with van der Waals surface area (Å²) in [4.78, 5) is 24.8. The number of benzene rings is 2. The summed E-state index contributed by atoms with van der Waals surface area (Å²) in [5.74, 6) is -0.807. The summed E-state index contributed by atoms with van der Waals surface area (Å²) in [6, 6.07) is 9.07. The molecule has 1 aliphatic carbocycles. The Bertz CT molecular complexity index is 837. The van der Waals surface area contributed by atoms with Gasteiger partial charge in [0.05, 0.1) is 22.8 Å². The van der Waals surface area contributed by atoms with Crippen molar-refractivity contribution in [2.75, 3.05) is 12.4 Å². The van der Waals surface area contributed by atoms with E-state index in [0.717, 1.165) is 18.9 Å². The first-order chi connectivity index (χ1) is 12.0. The topological polar surface area (TPSA) is 67.4 Å². The van der Waals surface area contributed by atoms with Gasteiger partial charge in [0.1, 0.15) is 11.6 Å². The standard InChI is InChI=1S/C18H16BrFN2O3/c1-25-12-5-7-16(13(9-12)18(24)21-11-3-4-11)22-17(23)10-2-6-14(19)15(20)8-10/h2,5-9,11H,3-4H2,1H3,(H,21,24)(H,22,23). The van der Waals surface area contributed by atoms with E-state index in [0.29, 0.717) is 17.0 Å². The Morgan fingerprint density at radius 2 is 1.92 bits per heavy atom. The minimum Gasteiger partial charge on any atom is -0.497 e. The average molecular weight is 407 g/mol. The van der Waals surface area contributed by atoms with Crippen molar-refractivity contribution in [2.24, 2.45) is 0 Å². The molecule has 2 aromatic rings. The van der Waals surface area contributed by atoms with E-state index in [4.69, 9.17) is 4.74 Å². The fourth-order valence-electron chi connectivity index (χ4n) is 2.27. The molecule has 0 heterocycles. The molecule has 0 saturated heterocycles. The van der Waals surface area contributed by atoms with Gasteiger partial charge in [0, 0.05) is 11.6 Å². The van der Waals surface area contributed by atoms with E-state index in [1.165, 1.54) is 19.2 Å². The lowest BCUT2D eigenvalue weighted by Crippen LogP contribution is -2.27. The molecule has 2 N–H and O–H groups in total. The van der Waals surface area contributed by atoms with Crippen LogP contribution < -0.4 is 15.4 Å². The number of carbonyl (C=O) groups excluding carboxylic acids is 2. The van der Waals surface area contributed by atoms with E-state index in [2.05, 4.69) is 26.6 Å². The molecule has 3 rings (SSSR count). The number of amides is 2. The highest BCUT2D eigenvalue weighted by Gasteiger charge is 2.25. The Morgan fingerprint density at radius 3 is 2.56 bits per heavy atom. The highest BCUT2D eigenvalue weighted by molar-refractivity contribution is 9.10. The number of anilines is 1. The van der Waals surface area contributed by atoms with E-state index in [-0.39, 0.29) is 22.0 Å². The van der Waals surface area contributed by atoms with Crippen molar-refractivity contribution in [3.63, 3.8) is 0 Å². The first-order valence-electron chi connectivity index (χ1n) is 7.73. The molecular formula is C18H16BrFN2O3. The molecular weight excluding hydrogens is 391 g/mol. The Balaban J connectivity index is 1.86. The van der Waals surface area contributed by atoms with Gasteiger partial charge in [0.2, 0.25) is 0 Å². The zero-order valence-corrected chi connectivity index (χ0v) is 15.0. The molecule has 0 aliphatic heterocycles. The summed E-state index contributed by atoms with van der Waals surface area (Å²) in [5, 5.41) is 5.54. The molecule has 2 aromatic carbocycles. The van der Waals surface area contributed by atoms with Crippen LogP contribution in [0.5, 0.6) is 5.75 Å². The van der Waals surface area contributed by atoms with Crippen molar-refractivity contribution in [1.29, 1.82) is 0 Å². The molecule has 0 unspecified atom stereocenters.